The van der Waals surface area contributed by atoms with E-state index in [2.05, 4.69) is 48.5 Å². The molecule has 29 heavy (non-hydrogen) atoms. The molecule has 1 aliphatic carbocycles. The van der Waals surface area contributed by atoms with Gasteiger partial charge in [-0.15, -0.1) is 0 Å². The van der Waals surface area contributed by atoms with Gasteiger partial charge >= 0.3 is 0 Å². The molecule has 8 heteroatoms. The van der Waals surface area contributed by atoms with Gasteiger partial charge in [0.05, 0.1) is 0 Å². The molecule has 1 aromatic carbocycles. The molecular weight excluding hydrogens is 364 g/mol. The van der Waals surface area contributed by atoms with Gasteiger partial charge in [-0.2, -0.15) is 10.1 Å². The smallest absolute Gasteiger partial charge is 0.227 e. The Labute approximate surface area is 170 Å². The predicted molar refractivity (Wildman–Crippen MR) is 114 cm³/mol. The highest BCUT2D eigenvalue weighted by Gasteiger charge is 2.25. The maximum absolute atomic E-state index is 5.78. The number of rotatable bonds is 6. The molecule has 3 heterocycles. The van der Waals surface area contributed by atoms with E-state index in [1.165, 1.54) is 24.1 Å². The summed E-state index contributed by atoms with van der Waals surface area (Å²) in [6.07, 6.45) is 4.31. The number of hydrogen-bond donors (Lipinski definition) is 3. The normalized spacial score (nSPS) is 17.4. The first-order chi connectivity index (χ1) is 14.2. The van der Waals surface area contributed by atoms with E-state index in [9.17, 15) is 0 Å². The SMILES string of the molecule is Nc1ccc(CN2CCN(c3nccc(Nc4cc(C5CC5)[nH]n4)n3)CC2)cc1. The fraction of sp³-hybridized carbons (Fsp3) is 0.381. The summed E-state index contributed by atoms with van der Waals surface area (Å²) >= 11 is 0. The molecular formula is C21H26N8. The van der Waals surface area contributed by atoms with Crippen molar-refractivity contribution in [1.29, 1.82) is 0 Å². The lowest BCUT2D eigenvalue weighted by Crippen LogP contribution is -2.46. The molecule has 0 unspecified atom stereocenters. The van der Waals surface area contributed by atoms with Crippen LogP contribution < -0.4 is 16.0 Å². The van der Waals surface area contributed by atoms with Crippen LogP contribution in [0.4, 0.5) is 23.3 Å². The van der Waals surface area contributed by atoms with Gasteiger partial charge in [0.15, 0.2) is 5.82 Å². The number of anilines is 4. The molecule has 3 aromatic rings. The van der Waals surface area contributed by atoms with Crippen LogP contribution in [0.25, 0.3) is 0 Å². The fourth-order valence-corrected chi connectivity index (χ4v) is 3.69. The molecule has 5 rings (SSSR count). The number of H-pyrrole nitrogens is 1. The van der Waals surface area contributed by atoms with E-state index in [0.29, 0.717) is 5.92 Å². The Bertz CT molecular complexity index is 955. The molecule has 2 aliphatic rings. The number of nitrogens with one attached hydrogen (secondary N) is 2. The van der Waals surface area contributed by atoms with Crippen molar-refractivity contribution in [3.05, 3.63) is 53.9 Å². The van der Waals surface area contributed by atoms with Gasteiger partial charge < -0.3 is 16.0 Å². The summed E-state index contributed by atoms with van der Waals surface area (Å²) < 4.78 is 0. The van der Waals surface area contributed by atoms with E-state index in [-0.39, 0.29) is 0 Å². The van der Waals surface area contributed by atoms with Crippen LogP contribution in [0.3, 0.4) is 0 Å². The van der Waals surface area contributed by atoms with Crippen LogP contribution in [0.15, 0.2) is 42.6 Å². The Morgan fingerprint density at radius 1 is 1.03 bits per heavy atom. The van der Waals surface area contributed by atoms with Crippen LogP contribution in [0, 0.1) is 0 Å². The Morgan fingerprint density at radius 3 is 2.59 bits per heavy atom. The first kappa shape index (κ1) is 17.9. The third kappa shape index (κ3) is 4.32. The van der Waals surface area contributed by atoms with Crippen molar-refractivity contribution in [2.24, 2.45) is 0 Å². The minimum atomic E-state index is 0.656. The van der Waals surface area contributed by atoms with Crippen LogP contribution in [0.5, 0.6) is 0 Å². The van der Waals surface area contributed by atoms with Gasteiger partial charge in [0.1, 0.15) is 5.82 Å². The fourth-order valence-electron chi connectivity index (χ4n) is 3.69. The van der Waals surface area contributed by atoms with Gasteiger partial charge in [-0.3, -0.25) is 10.00 Å². The predicted octanol–water partition coefficient (Wildman–Crippen LogP) is 2.73. The van der Waals surface area contributed by atoms with E-state index < -0.39 is 0 Å². The Hall–Kier alpha value is -3.13. The van der Waals surface area contributed by atoms with Crippen molar-refractivity contribution < 1.29 is 0 Å². The van der Waals surface area contributed by atoms with E-state index in [4.69, 9.17) is 10.7 Å². The number of aromatic amines is 1. The van der Waals surface area contributed by atoms with Crippen LogP contribution >= 0.6 is 0 Å². The number of aromatic nitrogens is 4. The topological polar surface area (TPSA) is 99.0 Å². The minimum Gasteiger partial charge on any atom is -0.399 e. The average molecular weight is 390 g/mol. The second-order valence-electron chi connectivity index (χ2n) is 7.85. The number of nitrogen functional groups attached to an aromatic ring is 1. The zero-order valence-electron chi connectivity index (χ0n) is 16.4. The van der Waals surface area contributed by atoms with Gasteiger partial charge in [-0.25, -0.2) is 4.98 Å². The van der Waals surface area contributed by atoms with E-state index in [1.807, 2.05) is 18.2 Å². The Balaban J connectivity index is 1.18. The van der Waals surface area contributed by atoms with E-state index in [0.717, 1.165) is 56.0 Å². The van der Waals surface area contributed by atoms with Gasteiger partial charge in [0.2, 0.25) is 5.95 Å². The highest BCUT2D eigenvalue weighted by Crippen LogP contribution is 2.39. The zero-order valence-corrected chi connectivity index (χ0v) is 16.4. The summed E-state index contributed by atoms with van der Waals surface area (Å²) in [4.78, 5) is 13.9. The van der Waals surface area contributed by atoms with Crippen molar-refractivity contribution in [3.63, 3.8) is 0 Å². The van der Waals surface area contributed by atoms with Gasteiger partial charge in [0, 0.05) is 62.3 Å². The van der Waals surface area contributed by atoms with Gasteiger partial charge in [-0.05, 0) is 36.6 Å². The molecule has 150 valence electrons. The summed E-state index contributed by atoms with van der Waals surface area (Å²) in [6.45, 7) is 4.73. The molecule has 0 bridgehead atoms. The summed E-state index contributed by atoms with van der Waals surface area (Å²) in [5.74, 6) is 3.00. The minimum absolute atomic E-state index is 0.656. The van der Waals surface area contributed by atoms with Crippen molar-refractivity contribution >= 4 is 23.3 Å². The molecule has 0 atom stereocenters. The number of benzene rings is 1. The molecule has 1 saturated heterocycles. The molecule has 8 nitrogen and oxygen atoms in total. The molecule has 2 fully saturated rings. The van der Waals surface area contributed by atoms with Crippen molar-refractivity contribution in [1.82, 2.24) is 25.1 Å². The lowest BCUT2D eigenvalue weighted by molar-refractivity contribution is 0.249. The van der Waals surface area contributed by atoms with Crippen molar-refractivity contribution in [3.8, 4) is 0 Å². The largest absolute Gasteiger partial charge is 0.399 e. The third-order valence-electron chi connectivity index (χ3n) is 5.55. The summed E-state index contributed by atoms with van der Waals surface area (Å²) in [5.41, 5.74) is 9.08. The third-order valence-corrected chi connectivity index (χ3v) is 5.55. The molecule has 4 N–H and O–H groups in total. The lowest BCUT2D eigenvalue weighted by Gasteiger charge is -2.34. The standard InChI is InChI=1S/C21H26N8/c22-17-5-1-15(2-6-17)14-28-9-11-29(12-10-28)21-23-8-7-19(25-21)24-20-13-18(26-27-20)16-3-4-16/h1-2,5-8,13,16H,3-4,9-12,14,22H2,(H2,23,24,25,26,27). The summed E-state index contributed by atoms with van der Waals surface area (Å²) in [5, 5.41) is 10.8. The second-order valence-corrected chi connectivity index (χ2v) is 7.85. The first-order valence-corrected chi connectivity index (χ1v) is 10.2. The van der Waals surface area contributed by atoms with E-state index in [1.54, 1.807) is 6.20 Å². The number of hydrogen-bond acceptors (Lipinski definition) is 7. The average Bonchev–Trinajstić information content (AvgIpc) is 3.50. The highest BCUT2D eigenvalue weighted by molar-refractivity contribution is 5.53. The zero-order chi connectivity index (χ0) is 19.6. The highest BCUT2D eigenvalue weighted by atomic mass is 15.3. The Kier molecular flexibility index (Phi) is 4.77. The molecule has 0 spiro atoms. The van der Waals surface area contributed by atoms with Crippen LogP contribution in [-0.4, -0.2) is 51.2 Å². The molecule has 1 saturated carbocycles. The van der Waals surface area contributed by atoms with Crippen LogP contribution in [0.1, 0.15) is 30.0 Å². The number of nitrogens with zero attached hydrogens (tertiary/aromatic N) is 5. The quantitative estimate of drug-likeness (QED) is 0.557. The molecule has 0 radical (unpaired) electrons. The monoisotopic (exact) mass is 390 g/mol. The molecule has 1 aliphatic heterocycles. The lowest BCUT2D eigenvalue weighted by atomic mass is 10.2. The van der Waals surface area contributed by atoms with Gasteiger partial charge in [-0.1, -0.05) is 12.1 Å². The number of piperazine rings is 1. The van der Waals surface area contributed by atoms with Gasteiger partial charge in [0.25, 0.3) is 0 Å². The van der Waals surface area contributed by atoms with Crippen molar-refractivity contribution in [2.45, 2.75) is 25.3 Å². The molecule has 2 aromatic heterocycles. The number of nitrogens with two attached hydrogens (primary N) is 1. The van der Waals surface area contributed by atoms with Crippen molar-refractivity contribution in [2.75, 3.05) is 42.1 Å². The van der Waals surface area contributed by atoms with Crippen LogP contribution in [-0.2, 0) is 6.54 Å². The maximum atomic E-state index is 5.78. The molecule has 0 amide bonds. The van der Waals surface area contributed by atoms with E-state index >= 15 is 0 Å². The Morgan fingerprint density at radius 2 is 1.83 bits per heavy atom. The van der Waals surface area contributed by atoms with Crippen LogP contribution in [0.2, 0.25) is 0 Å². The maximum Gasteiger partial charge on any atom is 0.227 e. The summed E-state index contributed by atoms with van der Waals surface area (Å²) in [7, 11) is 0. The second kappa shape index (κ2) is 7.71. The first-order valence-electron chi connectivity index (χ1n) is 10.2. The summed E-state index contributed by atoms with van der Waals surface area (Å²) in [6, 6.07) is 12.1.